The summed E-state index contributed by atoms with van der Waals surface area (Å²) in [7, 11) is 0. The lowest BCUT2D eigenvalue weighted by Gasteiger charge is -2.63. The number of aliphatic hydroxyl groups is 1. The number of hydrogen-bond acceptors (Lipinski definition) is 3. The molecule has 0 amide bonds. The minimum atomic E-state index is -0.508. The summed E-state index contributed by atoms with van der Waals surface area (Å²) in [4.78, 5) is 12.6. The molecule has 5 fully saturated rings. The number of nitrogens with one attached hydrogen (secondary N) is 1. The van der Waals surface area contributed by atoms with Gasteiger partial charge in [-0.15, -0.1) is 0 Å². The zero-order chi connectivity index (χ0) is 19.6. The average Bonchev–Trinajstić information content (AvgIpc) is 3.29. The molecule has 4 saturated carbocycles. The lowest BCUT2D eigenvalue weighted by molar-refractivity contribution is -0.207. The fourth-order valence-electron chi connectivity index (χ4n) is 8.38. The Hall–Kier alpha value is -0.670. The Bertz CT molecular complexity index is 667. The van der Waals surface area contributed by atoms with Gasteiger partial charge in [-0.2, -0.15) is 0 Å². The number of ketones is 1. The molecule has 4 aliphatic carbocycles. The second-order valence-electron chi connectivity index (χ2n) is 11.4. The van der Waals surface area contributed by atoms with Crippen LogP contribution < -0.4 is 5.32 Å². The Balaban J connectivity index is 1.34. The predicted molar refractivity (Wildman–Crippen MR) is 112 cm³/mol. The minimum absolute atomic E-state index is 0.0438. The predicted octanol–water partition coefficient (Wildman–Crippen LogP) is 4.50. The van der Waals surface area contributed by atoms with Crippen LogP contribution in [0.1, 0.15) is 78.1 Å². The third-order valence-electron chi connectivity index (χ3n) is 10.3. The van der Waals surface area contributed by atoms with Crippen LogP contribution >= 0.6 is 0 Å². The lowest BCUT2D eigenvalue weighted by atomic mass is 9.43. The first-order valence-electron chi connectivity index (χ1n) is 12.0. The third kappa shape index (κ3) is 2.71. The molecule has 3 nitrogen and oxygen atoms in total. The van der Waals surface area contributed by atoms with Gasteiger partial charge in [0.1, 0.15) is 5.78 Å². The van der Waals surface area contributed by atoms with Crippen LogP contribution in [-0.2, 0) is 4.79 Å². The minimum Gasteiger partial charge on any atom is -0.389 e. The molecular weight excluding hydrogens is 346 g/mol. The Kier molecular flexibility index (Phi) is 4.60. The van der Waals surface area contributed by atoms with E-state index in [1.54, 1.807) is 0 Å². The maximum absolute atomic E-state index is 12.6. The molecule has 8 atom stereocenters. The van der Waals surface area contributed by atoms with Crippen molar-refractivity contribution in [1.82, 2.24) is 5.32 Å². The Morgan fingerprint density at radius 3 is 2.57 bits per heavy atom. The molecule has 28 heavy (non-hydrogen) atoms. The molecule has 5 rings (SSSR count). The van der Waals surface area contributed by atoms with Crippen LogP contribution in [0.2, 0.25) is 0 Å². The van der Waals surface area contributed by atoms with Crippen LogP contribution in [0.4, 0.5) is 0 Å². The number of fused-ring (bicyclic) bond motifs is 5. The van der Waals surface area contributed by atoms with Crippen LogP contribution in [0, 0.1) is 40.4 Å². The van der Waals surface area contributed by atoms with Crippen molar-refractivity contribution < 1.29 is 9.90 Å². The second kappa shape index (κ2) is 6.67. The summed E-state index contributed by atoms with van der Waals surface area (Å²) < 4.78 is 0. The molecule has 2 N–H and O–H groups in total. The third-order valence-corrected chi connectivity index (χ3v) is 10.3. The van der Waals surface area contributed by atoms with E-state index in [0.29, 0.717) is 35.4 Å². The zero-order valence-electron chi connectivity index (χ0n) is 17.9. The number of Topliss-reactive ketones (excluding diaryl/α,β-unsaturated/α-hetero) is 1. The SMILES string of the molecule is C[C@]12CC[C@H]3[C@@H](CC[C@@]4(O)C[C@H](/C=C\[C@@H]5CCNC5)CC[C@]34C)[C@@H]1CCC2=O. The van der Waals surface area contributed by atoms with Gasteiger partial charge in [0.25, 0.3) is 0 Å². The molecule has 0 aromatic carbocycles. The first-order valence-corrected chi connectivity index (χ1v) is 12.0. The lowest BCUT2D eigenvalue weighted by Crippen LogP contribution is -2.62. The average molecular weight is 386 g/mol. The van der Waals surface area contributed by atoms with Gasteiger partial charge in [0.2, 0.25) is 0 Å². The fourth-order valence-corrected chi connectivity index (χ4v) is 8.38. The van der Waals surface area contributed by atoms with E-state index in [-0.39, 0.29) is 10.8 Å². The van der Waals surface area contributed by atoms with Crippen molar-refractivity contribution in [3.8, 4) is 0 Å². The van der Waals surface area contributed by atoms with Gasteiger partial charge in [0.15, 0.2) is 0 Å². The molecule has 156 valence electrons. The van der Waals surface area contributed by atoms with E-state index < -0.39 is 5.60 Å². The zero-order valence-corrected chi connectivity index (χ0v) is 17.9. The maximum Gasteiger partial charge on any atom is 0.139 e. The second-order valence-corrected chi connectivity index (χ2v) is 11.4. The van der Waals surface area contributed by atoms with Gasteiger partial charge in [-0.05, 0) is 99.3 Å². The normalized spacial score (nSPS) is 53.8. The van der Waals surface area contributed by atoms with Crippen molar-refractivity contribution >= 4 is 5.78 Å². The quantitative estimate of drug-likeness (QED) is 0.688. The Labute approximate surface area is 170 Å². The van der Waals surface area contributed by atoms with Crippen molar-refractivity contribution in [2.24, 2.45) is 40.4 Å². The molecule has 1 aliphatic heterocycles. The van der Waals surface area contributed by atoms with Crippen molar-refractivity contribution in [1.29, 1.82) is 0 Å². The number of rotatable bonds is 2. The summed E-state index contributed by atoms with van der Waals surface area (Å²) in [6.07, 6.45) is 15.6. The highest BCUT2D eigenvalue weighted by atomic mass is 16.3. The molecule has 0 aromatic heterocycles. The summed E-state index contributed by atoms with van der Waals surface area (Å²) in [5.41, 5.74) is -0.518. The van der Waals surface area contributed by atoms with Gasteiger partial charge in [0.05, 0.1) is 5.60 Å². The summed E-state index contributed by atoms with van der Waals surface area (Å²) >= 11 is 0. The topological polar surface area (TPSA) is 49.3 Å². The molecular formula is C25H39NO2. The monoisotopic (exact) mass is 385 g/mol. The van der Waals surface area contributed by atoms with E-state index in [9.17, 15) is 9.90 Å². The highest BCUT2D eigenvalue weighted by molar-refractivity contribution is 5.87. The number of carbonyl (C=O) groups excluding carboxylic acids is 1. The van der Waals surface area contributed by atoms with E-state index in [2.05, 4.69) is 31.3 Å². The number of carbonyl (C=O) groups is 1. The first kappa shape index (κ1) is 19.3. The Morgan fingerprint density at radius 2 is 1.79 bits per heavy atom. The molecule has 1 saturated heterocycles. The van der Waals surface area contributed by atoms with E-state index in [0.717, 1.165) is 64.5 Å². The molecule has 0 unspecified atom stereocenters. The van der Waals surface area contributed by atoms with E-state index in [1.165, 1.54) is 12.8 Å². The molecule has 0 bridgehead atoms. The summed E-state index contributed by atoms with van der Waals surface area (Å²) in [5, 5.41) is 15.3. The highest BCUT2D eigenvalue weighted by Crippen LogP contribution is 2.67. The largest absolute Gasteiger partial charge is 0.389 e. The molecule has 5 aliphatic rings. The van der Waals surface area contributed by atoms with Crippen LogP contribution in [0.3, 0.4) is 0 Å². The molecule has 0 aromatic rings. The number of allylic oxidation sites excluding steroid dienone is 1. The standard InChI is InChI=1S/C25H39NO2/c1-23-11-9-21-19(20(23)5-6-22(23)27)8-13-25(28)15-17(7-12-24(21,25)2)3-4-18-10-14-26-16-18/h3-4,17-21,26,28H,5-16H2,1-2H3/b4-3-/t17-,18-,19+,20+,21+,23+,24-,25-/m1/s1. The van der Waals surface area contributed by atoms with E-state index in [4.69, 9.17) is 0 Å². The van der Waals surface area contributed by atoms with E-state index >= 15 is 0 Å². The van der Waals surface area contributed by atoms with E-state index in [1.807, 2.05) is 0 Å². The van der Waals surface area contributed by atoms with Crippen molar-refractivity contribution in [2.75, 3.05) is 13.1 Å². The van der Waals surface area contributed by atoms with Crippen molar-refractivity contribution in [3.05, 3.63) is 12.2 Å². The summed E-state index contributed by atoms with van der Waals surface area (Å²) in [6, 6.07) is 0. The van der Waals surface area contributed by atoms with Gasteiger partial charge < -0.3 is 10.4 Å². The molecule has 0 radical (unpaired) electrons. The van der Waals surface area contributed by atoms with Gasteiger partial charge >= 0.3 is 0 Å². The van der Waals surface area contributed by atoms with Crippen LogP contribution in [-0.4, -0.2) is 29.6 Å². The highest BCUT2D eigenvalue weighted by Gasteiger charge is 2.64. The van der Waals surface area contributed by atoms with Crippen LogP contribution in [0.15, 0.2) is 12.2 Å². The Morgan fingerprint density at radius 1 is 0.964 bits per heavy atom. The summed E-state index contributed by atoms with van der Waals surface area (Å²) in [5.74, 6) is 3.60. The van der Waals surface area contributed by atoms with Crippen LogP contribution in [0.5, 0.6) is 0 Å². The van der Waals surface area contributed by atoms with Crippen LogP contribution in [0.25, 0.3) is 0 Å². The molecule has 1 heterocycles. The smallest absolute Gasteiger partial charge is 0.139 e. The van der Waals surface area contributed by atoms with Gasteiger partial charge in [0, 0.05) is 18.4 Å². The van der Waals surface area contributed by atoms with Gasteiger partial charge in [-0.1, -0.05) is 26.0 Å². The first-order chi connectivity index (χ1) is 13.4. The van der Waals surface area contributed by atoms with Crippen molar-refractivity contribution in [2.45, 2.75) is 83.7 Å². The fraction of sp³-hybridized carbons (Fsp3) is 0.880. The molecule has 3 heteroatoms. The molecule has 0 spiro atoms. The van der Waals surface area contributed by atoms with Gasteiger partial charge in [-0.25, -0.2) is 0 Å². The number of hydrogen-bond donors (Lipinski definition) is 2. The van der Waals surface area contributed by atoms with Crippen molar-refractivity contribution in [3.63, 3.8) is 0 Å². The summed E-state index contributed by atoms with van der Waals surface area (Å²) in [6.45, 7) is 6.93. The maximum atomic E-state index is 12.6. The van der Waals surface area contributed by atoms with Gasteiger partial charge in [-0.3, -0.25) is 4.79 Å².